The molecule has 1 aromatic rings. The number of carbonyl (C=O) groups is 1. The van der Waals surface area contributed by atoms with Crippen LogP contribution in [-0.4, -0.2) is 28.6 Å². The van der Waals surface area contributed by atoms with Gasteiger partial charge >= 0.3 is 0 Å². The Hall–Kier alpha value is -3.05. The molecule has 9 heteroatoms. The minimum Gasteiger partial charge on any atom is -0.507 e. The fraction of sp³-hybridized carbons (Fsp3) is 0.300. The SMILES string of the molecule is CCN1C(C#N)=C(c2cc(O)c(C(=O)NC3=C(Cl)CCC=C3F)cc2F)NC1C. The number of rotatable bonds is 4. The van der Waals surface area contributed by atoms with E-state index in [1.54, 1.807) is 4.90 Å². The van der Waals surface area contributed by atoms with Gasteiger partial charge in [-0.3, -0.25) is 4.79 Å². The molecule has 0 saturated carbocycles. The zero-order valence-corrected chi connectivity index (χ0v) is 16.6. The number of nitriles is 1. The van der Waals surface area contributed by atoms with Crippen molar-refractivity contribution in [3.63, 3.8) is 0 Å². The first kappa shape index (κ1) is 20.7. The number of phenols is 1. The summed E-state index contributed by atoms with van der Waals surface area (Å²) < 4.78 is 28.8. The Kier molecular flexibility index (Phi) is 5.80. The number of amides is 1. The van der Waals surface area contributed by atoms with Gasteiger partial charge in [0.25, 0.3) is 5.91 Å². The molecule has 0 fully saturated rings. The monoisotopic (exact) mass is 420 g/mol. The van der Waals surface area contributed by atoms with Gasteiger partial charge in [-0.1, -0.05) is 11.6 Å². The number of nitrogens with one attached hydrogen (secondary N) is 2. The molecule has 0 saturated heterocycles. The minimum atomic E-state index is -0.899. The Morgan fingerprint density at radius 2 is 2.21 bits per heavy atom. The summed E-state index contributed by atoms with van der Waals surface area (Å²) in [7, 11) is 0. The maximum atomic E-state index is 14.8. The standard InChI is InChI=1S/C20H19ClF2N4O2/c1-3-27-10(2)25-18(16(27)9-24)11-8-17(28)12(7-15(11)23)20(29)26-19-13(21)5-4-6-14(19)22/h6-8,10,25,28H,3-5H2,1-2H3,(H,26,29). The van der Waals surface area contributed by atoms with Crippen LogP contribution in [0.1, 0.15) is 42.6 Å². The highest BCUT2D eigenvalue weighted by Gasteiger charge is 2.30. The fourth-order valence-corrected chi connectivity index (χ4v) is 3.62. The van der Waals surface area contributed by atoms with Crippen LogP contribution in [0.25, 0.3) is 5.70 Å². The Labute approximate surface area is 171 Å². The molecule has 1 aliphatic heterocycles. The van der Waals surface area contributed by atoms with E-state index in [1.165, 1.54) is 6.08 Å². The maximum Gasteiger partial charge on any atom is 0.259 e. The van der Waals surface area contributed by atoms with Gasteiger partial charge in [0.2, 0.25) is 0 Å². The van der Waals surface area contributed by atoms with Crippen LogP contribution in [-0.2, 0) is 0 Å². The third-order valence-electron chi connectivity index (χ3n) is 4.83. The molecule has 152 valence electrons. The second-order valence-corrected chi connectivity index (χ2v) is 7.07. The average Bonchev–Trinajstić information content (AvgIpc) is 3.01. The van der Waals surface area contributed by atoms with Crippen molar-refractivity contribution in [2.75, 3.05) is 6.54 Å². The van der Waals surface area contributed by atoms with E-state index in [2.05, 4.69) is 10.6 Å². The zero-order chi connectivity index (χ0) is 21.3. The number of carbonyl (C=O) groups excluding carboxylic acids is 1. The Bertz CT molecular complexity index is 1010. The average molecular weight is 421 g/mol. The third kappa shape index (κ3) is 3.78. The highest BCUT2D eigenvalue weighted by Crippen LogP contribution is 2.33. The van der Waals surface area contributed by atoms with E-state index in [0.717, 1.165) is 12.1 Å². The lowest BCUT2D eigenvalue weighted by atomic mass is 10.0. The van der Waals surface area contributed by atoms with Crippen LogP contribution < -0.4 is 10.6 Å². The summed E-state index contributed by atoms with van der Waals surface area (Å²) in [5.74, 6) is -2.90. The van der Waals surface area contributed by atoms with Crippen LogP contribution in [0.15, 0.2) is 40.5 Å². The van der Waals surface area contributed by atoms with Crippen LogP contribution in [0, 0.1) is 17.1 Å². The van der Waals surface area contributed by atoms with Gasteiger partial charge in [-0.2, -0.15) is 5.26 Å². The number of aromatic hydroxyl groups is 1. The predicted octanol–water partition coefficient (Wildman–Crippen LogP) is 3.82. The van der Waals surface area contributed by atoms with E-state index < -0.39 is 23.3 Å². The van der Waals surface area contributed by atoms with Crippen molar-refractivity contribution in [1.29, 1.82) is 5.26 Å². The van der Waals surface area contributed by atoms with E-state index in [-0.39, 0.29) is 39.4 Å². The number of benzene rings is 1. The molecule has 3 N–H and O–H groups in total. The number of hydrogen-bond donors (Lipinski definition) is 3. The van der Waals surface area contributed by atoms with Gasteiger partial charge in [-0.15, -0.1) is 0 Å². The van der Waals surface area contributed by atoms with Gasteiger partial charge < -0.3 is 20.6 Å². The van der Waals surface area contributed by atoms with Crippen molar-refractivity contribution < 1.29 is 18.7 Å². The lowest BCUT2D eigenvalue weighted by Crippen LogP contribution is -2.34. The smallest absolute Gasteiger partial charge is 0.259 e. The largest absolute Gasteiger partial charge is 0.507 e. The van der Waals surface area contributed by atoms with Gasteiger partial charge in [0.05, 0.1) is 23.1 Å². The summed E-state index contributed by atoms with van der Waals surface area (Å²) in [6.45, 7) is 4.21. The number of allylic oxidation sites excluding steroid dienone is 4. The summed E-state index contributed by atoms with van der Waals surface area (Å²) >= 11 is 5.96. The molecule has 1 amide bonds. The third-order valence-corrected chi connectivity index (χ3v) is 5.20. The quantitative estimate of drug-likeness (QED) is 0.689. The first-order valence-electron chi connectivity index (χ1n) is 9.04. The summed E-state index contributed by atoms with van der Waals surface area (Å²) in [5, 5.41) is 25.2. The molecule has 1 aromatic carbocycles. The molecular formula is C20H19ClF2N4O2. The Balaban J connectivity index is 1.96. The van der Waals surface area contributed by atoms with E-state index in [1.807, 2.05) is 19.9 Å². The fourth-order valence-electron chi connectivity index (χ4n) is 3.38. The normalized spacial score (nSPS) is 19.1. The summed E-state index contributed by atoms with van der Waals surface area (Å²) in [4.78, 5) is 14.2. The van der Waals surface area contributed by atoms with Gasteiger partial charge in [0.1, 0.15) is 29.2 Å². The Morgan fingerprint density at radius 3 is 2.83 bits per heavy atom. The Morgan fingerprint density at radius 1 is 1.48 bits per heavy atom. The lowest BCUT2D eigenvalue weighted by Gasteiger charge is -2.21. The highest BCUT2D eigenvalue weighted by molar-refractivity contribution is 6.30. The first-order valence-corrected chi connectivity index (χ1v) is 9.42. The minimum absolute atomic E-state index is 0.0422. The van der Waals surface area contributed by atoms with Crippen LogP contribution in [0.2, 0.25) is 0 Å². The molecule has 0 radical (unpaired) electrons. The van der Waals surface area contributed by atoms with Crippen LogP contribution in [0.5, 0.6) is 5.75 Å². The molecule has 6 nitrogen and oxygen atoms in total. The van der Waals surface area contributed by atoms with E-state index in [9.17, 15) is 23.9 Å². The number of hydrogen-bond acceptors (Lipinski definition) is 5. The van der Waals surface area contributed by atoms with E-state index in [4.69, 9.17) is 11.6 Å². The van der Waals surface area contributed by atoms with E-state index in [0.29, 0.717) is 19.4 Å². The number of phenolic OH excluding ortho intramolecular Hbond substituents is 1. The number of halogens is 3. The summed E-state index contributed by atoms with van der Waals surface area (Å²) in [6.07, 6.45) is 1.83. The molecule has 2 aliphatic rings. The maximum absolute atomic E-state index is 14.8. The summed E-state index contributed by atoms with van der Waals surface area (Å²) in [5.41, 5.74) is -0.139. The topological polar surface area (TPSA) is 88.4 Å². The second kappa shape index (κ2) is 8.13. The van der Waals surface area contributed by atoms with Crippen molar-refractivity contribution >= 4 is 23.2 Å². The first-order chi connectivity index (χ1) is 13.8. The van der Waals surface area contributed by atoms with Crippen molar-refractivity contribution in [2.45, 2.75) is 32.9 Å². The van der Waals surface area contributed by atoms with Crippen molar-refractivity contribution in [2.24, 2.45) is 0 Å². The zero-order valence-electron chi connectivity index (χ0n) is 15.8. The molecule has 1 atom stereocenters. The molecular weight excluding hydrogens is 402 g/mol. The predicted molar refractivity (Wildman–Crippen MR) is 104 cm³/mol. The van der Waals surface area contributed by atoms with Crippen LogP contribution in [0.3, 0.4) is 0 Å². The highest BCUT2D eigenvalue weighted by atomic mass is 35.5. The molecule has 0 aromatic heterocycles. The van der Waals surface area contributed by atoms with E-state index >= 15 is 0 Å². The molecule has 29 heavy (non-hydrogen) atoms. The molecule has 0 spiro atoms. The summed E-state index contributed by atoms with van der Waals surface area (Å²) in [6, 6.07) is 3.96. The van der Waals surface area contributed by atoms with Crippen LogP contribution in [0.4, 0.5) is 8.78 Å². The molecule has 3 rings (SSSR count). The number of nitrogens with zero attached hydrogens (tertiary/aromatic N) is 2. The van der Waals surface area contributed by atoms with Crippen molar-refractivity contribution in [3.05, 3.63) is 57.4 Å². The van der Waals surface area contributed by atoms with Crippen LogP contribution >= 0.6 is 11.6 Å². The van der Waals surface area contributed by atoms with Gasteiger partial charge in [-0.25, -0.2) is 8.78 Å². The lowest BCUT2D eigenvalue weighted by molar-refractivity contribution is 0.0961. The van der Waals surface area contributed by atoms with Gasteiger partial charge in [-0.05, 0) is 44.9 Å². The van der Waals surface area contributed by atoms with Crippen molar-refractivity contribution in [1.82, 2.24) is 15.5 Å². The van der Waals surface area contributed by atoms with Gasteiger partial charge in [0, 0.05) is 17.1 Å². The van der Waals surface area contributed by atoms with Crippen molar-refractivity contribution in [3.8, 4) is 11.8 Å². The van der Waals surface area contributed by atoms with Gasteiger partial charge in [0.15, 0.2) is 0 Å². The molecule has 1 aliphatic carbocycles. The molecule has 1 heterocycles. The molecule has 1 unspecified atom stereocenters. The second-order valence-electron chi connectivity index (χ2n) is 6.62. The molecule has 0 bridgehead atoms.